The molecule has 0 radical (unpaired) electrons. The molecule has 10 saturated carbocycles. The van der Waals surface area contributed by atoms with Gasteiger partial charge in [-0.3, -0.25) is 24.0 Å². The first-order valence-electron chi connectivity index (χ1n) is 30.7. The number of hydrogen-bond acceptors (Lipinski definition) is 8. The molecule has 11 fully saturated rings. The van der Waals surface area contributed by atoms with Crippen LogP contribution in [0.4, 0.5) is 0 Å². The maximum atomic E-state index is 13.0. The first-order chi connectivity index (χ1) is 35.4. The summed E-state index contributed by atoms with van der Waals surface area (Å²) in [6, 6.07) is 0. The molecule has 0 aromatic rings. The van der Waals surface area contributed by atoms with Crippen LogP contribution >= 0.6 is 0 Å². The minimum absolute atomic E-state index is 0.0386. The lowest BCUT2D eigenvalue weighted by atomic mass is 9.32. The Morgan fingerprint density at radius 2 is 0.934 bits per heavy atom. The third-order valence-corrected chi connectivity index (χ3v) is 27.8. The summed E-state index contributed by atoms with van der Waals surface area (Å²) >= 11 is 0. The molecule has 11 aliphatic rings. The maximum Gasteiger partial charge on any atom is 0.309 e. The molecule has 0 amide bonds. The molecule has 1 aliphatic heterocycles. The number of carbonyl (C=O) groups excluding carboxylic acids is 3. The van der Waals surface area contributed by atoms with Gasteiger partial charge < -0.3 is 24.8 Å². The highest BCUT2D eigenvalue weighted by atomic mass is 16.5. The van der Waals surface area contributed by atoms with Crippen LogP contribution in [0.5, 0.6) is 0 Å². The minimum atomic E-state index is -0.697. The van der Waals surface area contributed by atoms with E-state index in [0.29, 0.717) is 66.3 Å². The SMILES string of the molecule is C1CCOC1.C=C(CO)[C@@H]1CC[C@]2(C(=O)O)CC[C@]3(C)[C@H](CC[C@@H]4[C@@]5(C)CCC(=O)C(C)(C)[C@@H]5CC[C@]43C)[C@@H]12.C=C(COC(C)=O)[C@@H]1CC[C@]2(C(=O)O)CC[C@]3(C)[C@H](CC[C@@H]4[C@@]5(C)CCC(=O)C(C)(C)[C@@H]5CC[C@]43C)[C@@H]12. The van der Waals surface area contributed by atoms with E-state index in [1.807, 2.05) is 0 Å². The molecule has 76 heavy (non-hydrogen) atoms. The van der Waals surface area contributed by atoms with Crippen LogP contribution in [0, 0.1) is 113 Å². The molecule has 3 N–H and O–H groups in total. The van der Waals surface area contributed by atoms with E-state index in [2.05, 4.69) is 82.4 Å². The van der Waals surface area contributed by atoms with Crippen molar-refractivity contribution in [3.05, 3.63) is 24.3 Å². The predicted molar refractivity (Wildman–Crippen MR) is 296 cm³/mol. The number of rotatable bonds is 7. The fraction of sp³-hybridized carbons (Fsp3) is 0.864. The number of fused-ring (bicyclic) bond motifs is 14. The highest BCUT2D eigenvalue weighted by Gasteiger charge is 2.74. The van der Waals surface area contributed by atoms with Crippen LogP contribution in [0.15, 0.2) is 24.3 Å². The van der Waals surface area contributed by atoms with Crippen molar-refractivity contribution in [1.29, 1.82) is 0 Å². The Balaban J connectivity index is 0.000000170. The highest BCUT2D eigenvalue weighted by Crippen LogP contribution is 2.79. The highest BCUT2D eigenvalue weighted by molar-refractivity contribution is 5.86. The third-order valence-electron chi connectivity index (χ3n) is 27.8. The first-order valence-corrected chi connectivity index (χ1v) is 30.7. The topological polar surface area (TPSA) is 164 Å². The molecule has 0 aromatic carbocycles. The van der Waals surface area contributed by atoms with Crippen molar-refractivity contribution in [3.8, 4) is 0 Å². The number of ketones is 2. The van der Waals surface area contributed by atoms with Crippen LogP contribution < -0.4 is 0 Å². The van der Waals surface area contributed by atoms with Gasteiger partial charge in [-0.05, 0) is 231 Å². The Bertz CT molecular complexity index is 2340. The van der Waals surface area contributed by atoms with E-state index in [1.54, 1.807) is 0 Å². The smallest absolute Gasteiger partial charge is 0.309 e. The van der Waals surface area contributed by atoms with Gasteiger partial charge in [0.15, 0.2) is 0 Å². The Morgan fingerprint density at radius 1 is 0.526 bits per heavy atom. The number of aliphatic hydroxyl groups excluding tert-OH is 1. The number of ether oxygens (including phenoxy) is 2. The summed E-state index contributed by atoms with van der Waals surface area (Å²) in [5, 5.41) is 31.1. The molecular formula is C66H102O10. The zero-order valence-electron chi connectivity index (χ0n) is 49.3. The van der Waals surface area contributed by atoms with E-state index in [4.69, 9.17) is 9.47 Å². The number of esters is 1. The van der Waals surface area contributed by atoms with E-state index in [9.17, 15) is 39.3 Å². The number of carboxylic acid groups (broad SMARTS) is 2. The fourth-order valence-electron chi connectivity index (χ4n) is 23.4. The summed E-state index contributed by atoms with van der Waals surface area (Å²) in [4.78, 5) is 63.1. The second-order valence-corrected chi connectivity index (χ2v) is 30.5. The van der Waals surface area contributed by atoms with Gasteiger partial charge in [0.25, 0.3) is 0 Å². The average Bonchev–Trinajstić information content (AvgIpc) is 4.30. The molecule has 0 unspecified atom stereocenters. The standard InChI is InChI=1S/C32H48O5.C30H46O4.C4H8O/c1-19(18-37-20(2)33)21-10-15-32(27(35)36)17-16-30(6)22(26(21)32)8-9-24-29(5)13-12-25(34)28(3,4)23(29)11-14-31(24,30)7;1-18(17-31)19-9-14-30(25(33)34)16-15-28(5)20(24(19)30)7-8-22-27(4)12-11-23(32)26(2,3)21(27)10-13-29(22,28)6;1-2-4-5-3-1/h21-24,26H,1,8-18H2,2-7H3,(H,35,36);19-22,24,31H,1,7-17H2,2-6H3,(H,33,34);1-4H2/t21-,22+,23-,24+,26+,29-,30+,31+,32-;19-,20+,21-,22+,24+,27-,28+,29+,30-;/m00./s1. The van der Waals surface area contributed by atoms with Gasteiger partial charge in [-0.2, -0.15) is 0 Å². The van der Waals surface area contributed by atoms with Crippen LogP contribution in [0.2, 0.25) is 0 Å². The molecule has 0 bridgehead atoms. The molecule has 10 nitrogen and oxygen atoms in total. The van der Waals surface area contributed by atoms with Crippen molar-refractivity contribution in [2.75, 3.05) is 26.4 Å². The number of Topliss-reactive ketones (excluding diaryl/α,β-unsaturated/α-hetero) is 2. The van der Waals surface area contributed by atoms with E-state index in [-0.39, 0.29) is 86.2 Å². The van der Waals surface area contributed by atoms with E-state index in [1.165, 1.54) is 19.8 Å². The van der Waals surface area contributed by atoms with Gasteiger partial charge in [0.2, 0.25) is 0 Å². The summed E-state index contributed by atoms with van der Waals surface area (Å²) < 4.78 is 10.3. The zero-order chi connectivity index (χ0) is 55.6. The monoisotopic (exact) mass is 1050 g/mol. The van der Waals surface area contributed by atoms with Crippen molar-refractivity contribution in [1.82, 2.24) is 0 Å². The van der Waals surface area contributed by atoms with Crippen molar-refractivity contribution >= 4 is 29.5 Å². The molecule has 11 rings (SSSR count). The molecule has 1 heterocycles. The van der Waals surface area contributed by atoms with Gasteiger partial charge in [0.05, 0.1) is 17.4 Å². The molecule has 10 aliphatic carbocycles. The fourth-order valence-corrected chi connectivity index (χ4v) is 23.4. The van der Waals surface area contributed by atoms with Gasteiger partial charge in [-0.1, -0.05) is 82.4 Å². The number of aliphatic carboxylic acids is 2. The first kappa shape index (κ1) is 57.8. The summed E-state index contributed by atoms with van der Waals surface area (Å²) in [6.45, 7) is 35.9. The number of carbonyl (C=O) groups is 5. The molecule has 1 saturated heterocycles. The quantitative estimate of drug-likeness (QED) is 0.165. The van der Waals surface area contributed by atoms with Crippen LogP contribution in [0.3, 0.4) is 0 Å². The molecular weight excluding hydrogens is 953 g/mol. The van der Waals surface area contributed by atoms with Crippen LogP contribution in [0.25, 0.3) is 0 Å². The largest absolute Gasteiger partial charge is 0.481 e. The van der Waals surface area contributed by atoms with E-state index >= 15 is 0 Å². The maximum absolute atomic E-state index is 13.0. The Morgan fingerprint density at radius 3 is 1.29 bits per heavy atom. The minimum Gasteiger partial charge on any atom is -0.481 e. The number of carboxylic acids is 2. The number of hydrogen-bond donors (Lipinski definition) is 3. The van der Waals surface area contributed by atoms with E-state index in [0.717, 1.165) is 134 Å². The van der Waals surface area contributed by atoms with Gasteiger partial charge in [-0.15, -0.1) is 0 Å². The number of aliphatic hydroxyl groups is 1. The third kappa shape index (κ3) is 8.16. The Labute approximate surface area is 457 Å². The van der Waals surface area contributed by atoms with Crippen LogP contribution in [-0.2, 0) is 33.4 Å². The average molecular weight is 1060 g/mol. The molecule has 426 valence electrons. The Kier molecular flexibility index (Phi) is 15.0. The van der Waals surface area contributed by atoms with Gasteiger partial charge in [0.1, 0.15) is 18.2 Å². The zero-order valence-corrected chi connectivity index (χ0v) is 49.3. The van der Waals surface area contributed by atoms with E-state index < -0.39 is 22.8 Å². The summed E-state index contributed by atoms with van der Waals surface area (Å²) in [5.41, 5.74) is 0.583. The molecule has 0 spiro atoms. The predicted octanol–water partition coefficient (Wildman–Crippen LogP) is 13.9. The lowest BCUT2D eigenvalue weighted by Crippen LogP contribution is -2.66. The molecule has 10 heteroatoms. The lowest BCUT2D eigenvalue weighted by molar-refractivity contribution is -0.235. The normalized spacial score (nSPS) is 48.1. The van der Waals surface area contributed by atoms with Crippen molar-refractivity contribution < 1.29 is 48.8 Å². The second-order valence-electron chi connectivity index (χ2n) is 30.5. The van der Waals surface area contributed by atoms with Gasteiger partial charge >= 0.3 is 17.9 Å². The van der Waals surface area contributed by atoms with Crippen molar-refractivity contribution in [2.24, 2.45) is 113 Å². The molecule has 0 aromatic heterocycles. The summed E-state index contributed by atoms with van der Waals surface area (Å²) in [7, 11) is 0. The lowest BCUT2D eigenvalue weighted by Gasteiger charge is -2.72. The Hall–Kier alpha value is -2.85. The van der Waals surface area contributed by atoms with Gasteiger partial charge in [-0.25, -0.2) is 0 Å². The van der Waals surface area contributed by atoms with Crippen LogP contribution in [-0.4, -0.2) is 71.2 Å². The summed E-state index contributed by atoms with van der Waals surface area (Å²) in [6.07, 6.45) is 21.3. The molecule has 18 atom stereocenters. The van der Waals surface area contributed by atoms with Crippen molar-refractivity contribution in [3.63, 3.8) is 0 Å². The van der Waals surface area contributed by atoms with Gasteiger partial charge in [0, 0.05) is 43.8 Å². The second kappa shape index (κ2) is 19.7. The summed E-state index contributed by atoms with van der Waals surface area (Å²) in [5.74, 6) is 2.27. The van der Waals surface area contributed by atoms with Crippen LogP contribution in [0.1, 0.15) is 217 Å². The van der Waals surface area contributed by atoms with Crippen molar-refractivity contribution in [2.45, 2.75) is 217 Å².